The summed E-state index contributed by atoms with van der Waals surface area (Å²) in [6.45, 7) is 1.97. The number of methoxy groups -OCH3 is 1. The highest BCUT2D eigenvalue weighted by atomic mass is 16.5. The van der Waals surface area contributed by atoms with Crippen molar-refractivity contribution in [1.82, 2.24) is 0 Å². The lowest BCUT2D eigenvalue weighted by Crippen LogP contribution is -1.97. The summed E-state index contributed by atoms with van der Waals surface area (Å²) in [5.74, 6) is 5.99. The Balaban J connectivity index is 2.53. The van der Waals surface area contributed by atoms with Crippen molar-refractivity contribution in [3.8, 4) is 11.8 Å². The minimum absolute atomic E-state index is 0.125. The van der Waals surface area contributed by atoms with E-state index in [1.165, 1.54) is 0 Å². The lowest BCUT2D eigenvalue weighted by atomic mass is 10.2. The van der Waals surface area contributed by atoms with E-state index >= 15 is 0 Å². The van der Waals surface area contributed by atoms with Gasteiger partial charge in [-0.3, -0.25) is 0 Å². The molecule has 0 heterocycles. The van der Waals surface area contributed by atoms with E-state index in [0.29, 0.717) is 0 Å². The van der Waals surface area contributed by atoms with Crippen LogP contribution in [0.25, 0.3) is 0 Å². The van der Waals surface area contributed by atoms with Crippen molar-refractivity contribution in [1.29, 1.82) is 0 Å². The molecule has 0 aliphatic carbocycles. The van der Waals surface area contributed by atoms with Gasteiger partial charge in [-0.1, -0.05) is 30.0 Å². The van der Waals surface area contributed by atoms with E-state index < -0.39 is 0 Å². The summed E-state index contributed by atoms with van der Waals surface area (Å²) in [6, 6.07) is 9.91. The second-order valence-corrected chi connectivity index (χ2v) is 2.94. The minimum atomic E-state index is 0.125. The van der Waals surface area contributed by atoms with Crippen molar-refractivity contribution in [3.05, 3.63) is 48.0 Å². The summed E-state index contributed by atoms with van der Waals surface area (Å²) in [6.07, 6.45) is 3.87. The molecule has 14 heavy (non-hydrogen) atoms. The van der Waals surface area contributed by atoms with Crippen LogP contribution in [0.2, 0.25) is 0 Å². The van der Waals surface area contributed by atoms with Gasteiger partial charge < -0.3 is 4.74 Å². The van der Waals surface area contributed by atoms with Crippen molar-refractivity contribution in [2.75, 3.05) is 7.11 Å². The van der Waals surface area contributed by atoms with Crippen LogP contribution in [0.1, 0.15) is 12.5 Å². The first kappa shape index (κ1) is 10.6. The average molecular weight is 186 g/mol. The highest BCUT2D eigenvalue weighted by Gasteiger charge is 1.87. The van der Waals surface area contributed by atoms with Gasteiger partial charge in [0.1, 0.15) is 0 Å². The zero-order chi connectivity index (χ0) is 10.2. The number of hydrogen-bond acceptors (Lipinski definition) is 1. The zero-order valence-electron chi connectivity index (χ0n) is 8.53. The summed E-state index contributed by atoms with van der Waals surface area (Å²) in [5, 5.41) is 0. The van der Waals surface area contributed by atoms with E-state index in [9.17, 15) is 0 Å². The Labute approximate surface area is 85.4 Å². The fourth-order valence-corrected chi connectivity index (χ4v) is 0.909. The van der Waals surface area contributed by atoms with Crippen LogP contribution < -0.4 is 0 Å². The van der Waals surface area contributed by atoms with Crippen LogP contribution in [-0.4, -0.2) is 13.2 Å². The third-order valence-corrected chi connectivity index (χ3v) is 1.81. The largest absolute Gasteiger partial charge is 0.378 e. The first-order valence-corrected chi connectivity index (χ1v) is 4.59. The summed E-state index contributed by atoms with van der Waals surface area (Å²) < 4.78 is 5.05. The molecule has 1 heteroatoms. The lowest BCUT2D eigenvalue weighted by molar-refractivity contribution is 0.156. The molecular weight excluding hydrogens is 172 g/mol. The molecule has 72 valence electrons. The zero-order valence-corrected chi connectivity index (χ0v) is 8.53. The predicted octanol–water partition coefficient (Wildman–Crippen LogP) is 2.63. The number of ether oxygens (including phenoxy) is 1. The molecule has 0 N–H and O–H groups in total. The SMILES string of the molecule is COC(C)/C=C/C#Cc1ccccc1. The van der Waals surface area contributed by atoms with Gasteiger partial charge in [0.15, 0.2) is 0 Å². The molecule has 0 amide bonds. The Morgan fingerprint density at radius 1 is 1.29 bits per heavy atom. The second-order valence-electron chi connectivity index (χ2n) is 2.94. The molecule has 1 aromatic carbocycles. The third-order valence-electron chi connectivity index (χ3n) is 1.81. The van der Waals surface area contributed by atoms with Crippen LogP contribution in [-0.2, 0) is 4.74 Å². The fraction of sp³-hybridized carbons (Fsp3) is 0.231. The van der Waals surface area contributed by atoms with Gasteiger partial charge in [-0.25, -0.2) is 0 Å². The minimum Gasteiger partial charge on any atom is -0.378 e. The van der Waals surface area contributed by atoms with Crippen LogP contribution in [0, 0.1) is 11.8 Å². The Morgan fingerprint density at radius 3 is 2.64 bits per heavy atom. The van der Waals surface area contributed by atoms with Crippen molar-refractivity contribution < 1.29 is 4.74 Å². The standard InChI is InChI=1S/C13H14O/c1-12(14-2)8-6-7-11-13-9-4-3-5-10-13/h3-6,8-10,12H,1-2H3/b8-6+. The van der Waals surface area contributed by atoms with E-state index in [-0.39, 0.29) is 6.10 Å². The predicted molar refractivity (Wildman–Crippen MR) is 58.9 cm³/mol. The van der Waals surface area contributed by atoms with Crippen LogP contribution in [0.15, 0.2) is 42.5 Å². The maximum absolute atomic E-state index is 5.05. The van der Waals surface area contributed by atoms with Crippen LogP contribution in [0.4, 0.5) is 0 Å². The van der Waals surface area contributed by atoms with Gasteiger partial charge in [-0.2, -0.15) is 0 Å². The van der Waals surface area contributed by atoms with E-state index in [4.69, 9.17) is 4.74 Å². The van der Waals surface area contributed by atoms with Gasteiger partial charge in [-0.15, -0.1) is 0 Å². The van der Waals surface area contributed by atoms with E-state index in [2.05, 4.69) is 11.8 Å². The van der Waals surface area contributed by atoms with Crippen molar-refractivity contribution in [3.63, 3.8) is 0 Å². The Kier molecular flexibility index (Phi) is 4.54. The van der Waals surface area contributed by atoms with E-state index in [1.54, 1.807) is 7.11 Å². The van der Waals surface area contributed by atoms with Crippen LogP contribution >= 0.6 is 0 Å². The normalized spacial score (nSPS) is 12.1. The second kappa shape index (κ2) is 6.01. The molecule has 1 aromatic rings. The Bertz CT molecular complexity index is 340. The molecule has 1 unspecified atom stereocenters. The number of hydrogen-bond donors (Lipinski definition) is 0. The maximum Gasteiger partial charge on any atom is 0.0733 e. The van der Waals surface area contributed by atoms with E-state index in [0.717, 1.165) is 5.56 Å². The van der Waals surface area contributed by atoms with Gasteiger partial charge in [0.05, 0.1) is 6.10 Å². The first-order chi connectivity index (χ1) is 6.83. The molecule has 0 aliphatic rings. The highest BCUT2D eigenvalue weighted by Crippen LogP contribution is 1.95. The molecule has 0 spiro atoms. The average Bonchev–Trinajstić information content (AvgIpc) is 2.25. The fourth-order valence-electron chi connectivity index (χ4n) is 0.909. The summed E-state index contributed by atoms with van der Waals surface area (Å²) in [5.41, 5.74) is 1.03. The maximum atomic E-state index is 5.05. The number of benzene rings is 1. The summed E-state index contributed by atoms with van der Waals surface area (Å²) in [4.78, 5) is 0. The molecule has 0 aromatic heterocycles. The third kappa shape index (κ3) is 3.93. The van der Waals surface area contributed by atoms with Crippen LogP contribution in [0.3, 0.4) is 0 Å². The molecule has 1 atom stereocenters. The molecule has 0 saturated heterocycles. The first-order valence-electron chi connectivity index (χ1n) is 4.59. The molecule has 0 aliphatic heterocycles. The van der Waals surface area contributed by atoms with Crippen molar-refractivity contribution in [2.24, 2.45) is 0 Å². The molecule has 0 saturated carbocycles. The molecular formula is C13H14O. The number of rotatable bonds is 2. The molecule has 1 nitrogen and oxygen atoms in total. The topological polar surface area (TPSA) is 9.23 Å². The number of allylic oxidation sites excluding steroid dienone is 1. The van der Waals surface area contributed by atoms with Crippen molar-refractivity contribution >= 4 is 0 Å². The van der Waals surface area contributed by atoms with Crippen LogP contribution in [0.5, 0.6) is 0 Å². The quantitative estimate of drug-likeness (QED) is 0.645. The summed E-state index contributed by atoms with van der Waals surface area (Å²) in [7, 11) is 1.68. The highest BCUT2D eigenvalue weighted by molar-refractivity contribution is 5.36. The van der Waals surface area contributed by atoms with Gasteiger partial charge in [0, 0.05) is 12.7 Å². The molecule has 0 radical (unpaired) electrons. The van der Waals surface area contributed by atoms with Gasteiger partial charge in [-0.05, 0) is 31.2 Å². The summed E-state index contributed by atoms with van der Waals surface area (Å²) >= 11 is 0. The Hall–Kier alpha value is -1.52. The Morgan fingerprint density at radius 2 is 2.00 bits per heavy atom. The van der Waals surface area contributed by atoms with Gasteiger partial charge in [0.25, 0.3) is 0 Å². The molecule has 0 bridgehead atoms. The van der Waals surface area contributed by atoms with E-state index in [1.807, 2.05) is 49.4 Å². The van der Waals surface area contributed by atoms with Gasteiger partial charge in [0.2, 0.25) is 0 Å². The molecule has 0 fully saturated rings. The van der Waals surface area contributed by atoms with Crippen molar-refractivity contribution in [2.45, 2.75) is 13.0 Å². The molecule has 1 rings (SSSR count). The lowest BCUT2D eigenvalue weighted by Gasteiger charge is -1.98. The smallest absolute Gasteiger partial charge is 0.0733 e. The van der Waals surface area contributed by atoms with Gasteiger partial charge >= 0.3 is 0 Å². The monoisotopic (exact) mass is 186 g/mol.